The van der Waals surface area contributed by atoms with Crippen LogP contribution in [-0.4, -0.2) is 266 Å². The molecule has 0 radical (unpaired) electrons. The van der Waals surface area contributed by atoms with Crippen LogP contribution >= 0.6 is 11.6 Å². The number of ether oxygens (including phenoxy) is 2. The molecule has 0 amide bonds. The van der Waals surface area contributed by atoms with Gasteiger partial charge < -0.3 is 117 Å². The summed E-state index contributed by atoms with van der Waals surface area (Å²) >= 11 is 5.50. The van der Waals surface area contributed by atoms with Crippen molar-refractivity contribution in [1.29, 1.82) is 0 Å². The summed E-state index contributed by atoms with van der Waals surface area (Å²) in [6, 6.07) is 0. The fourth-order valence-corrected chi connectivity index (χ4v) is 12.3. The molecule has 2 heterocycles. The molecule has 27 unspecified atom stereocenters. The molecule has 2 aliphatic rings. The van der Waals surface area contributed by atoms with E-state index in [1.54, 1.807) is 32.9 Å². The van der Waals surface area contributed by atoms with Crippen LogP contribution in [0.1, 0.15) is 194 Å². The van der Waals surface area contributed by atoms with Crippen LogP contribution in [0.4, 0.5) is 0 Å². The normalized spacial score (nSPS) is 27.7. The van der Waals surface area contributed by atoms with Crippen LogP contribution in [0.5, 0.6) is 0 Å². The maximum atomic E-state index is 12.1. The number of hydrogen-bond donors (Lipinski definition) is 21. The van der Waals surface area contributed by atoms with Crippen LogP contribution in [0.15, 0.2) is 48.1 Å². The molecule has 92 heavy (non-hydrogen) atoms. The van der Waals surface area contributed by atoms with Crippen LogP contribution in [-0.2, 0) is 14.3 Å². The third-order valence-corrected chi connectivity index (χ3v) is 18.8. The number of hydrogen-bond acceptors (Lipinski definition) is 24. The Bertz CT molecular complexity index is 2030. The summed E-state index contributed by atoms with van der Waals surface area (Å²) in [7, 11) is 0. The lowest BCUT2D eigenvalue weighted by Gasteiger charge is -2.43. The predicted molar refractivity (Wildman–Crippen MR) is 344 cm³/mol. The molecular formula is C67H121ClO24. The number of carbonyl (C=O) groups is 1. The van der Waals surface area contributed by atoms with Gasteiger partial charge in [0.05, 0.1) is 79.4 Å². The molecule has 0 bridgehead atoms. The monoisotopic (exact) mass is 1340 g/mol. The Labute approximate surface area is 549 Å². The SMILES string of the molecule is C=C(CCC(O)C1OC(CC(O)C(O)C(C)CCCC(O)C(O)C(O)C(C)CCC(O)C(O)C(C)CCCC(O)CCCC(O)CC(=O)CC(O)CCCO)C(O)C(O)C1O)C(O)C(O)C1CC(O)C(O)C(C(O)C(O)C=CCCCCCCCCC=CC=CCl)O1. The quantitative estimate of drug-likeness (QED) is 0.0231. The van der Waals surface area contributed by atoms with Crippen LogP contribution in [0.3, 0.4) is 0 Å². The second-order valence-electron chi connectivity index (χ2n) is 26.6. The van der Waals surface area contributed by atoms with Gasteiger partial charge >= 0.3 is 0 Å². The van der Waals surface area contributed by atoms with Gasteiger partial charge in [0, 0.05) is 37.8 Å². The first-order valence-corrected chi connectivity index (χ1v) is 34.2. The lowest BCUT2D eigenvalue weighted by Crippen LogP contribution is -2.61. The Hall–Kier alpha value is -2.00. The lowest BCUT2D eigenvalue weighted by molar-refractivity contribution is -0.250. The van der Waals surface area contributed by atoms with E-state index < -0.39 is 165 Å². The van der Waals surface area contributed by atoms with Gasteiger partial charge in [0.1, 0.15) is 72.9 Å². The minimum Gasteiger partial charge on any atom is -0.396 e. The molecule has 0 aromatic rings. The van der Waals surface area contributed by atoms with Crippen molar-refractivity contribution in [3.05, 3.63) is 48.1 Å². The van der Waals surface area contributed by atoms with Crippen molar-refractivity contribution >= 4 is 17.4 Å². The van der Waals surface area contributed by atoms with Gasteiger partial charge in [-0.2, -0.15) is 0 Å². The number of unbranched alkanes of at least 4 members (excludes halogenated alkanes) is 7. The topological polar surface area (TPSA) is 460 Å². The Morgan fingerprint density at radius 3 is 1.63 bits per heavy atom. The molecule has 0 saturated carbocycles. The van der Waals surface area contributed by atoms with E-state index in [1.807, 2.05) is 6.08 Å². The van der Waals surface area contributed by atoms with Crippen LogP contribution < -0.4 is 0 Å². The average molecular weight is 1350 g/mol. The minimum atomic E-state index is -1.87. The Morgan fingerprint density at radius 2 is 1.03 bits per heavy atom. The average Bonchev–Trinajstić information content (AvgIpc) is 1.01. The van der Waals surface area contributed by atoms with Crippen molar-refractivity contribution in [2.45, 2.75) is 341 Å². The predicted octanol–water partition coefficient (Wildman–Crippen LogP) is 1.16. The number of allylic oxidation sites excluding steroid dienone is 4. The number of Topliss-reactive ketones (excluding diaryl/α,β-unsaturated/α-hetero) is 1. The zero-order valence-electron chi connectivity index (χ0n) is 54.6. The van der Waals surface area contributed by atoms with Gasteiger partial charge in [0.15, 0.2) is 0 Å². The second kappa shape index (κ2) is 47.1. The van der Waals surface area contributed by atoms with E-state index in [9.17, 15) is 107 Å². The summed E-state index contributed by atoms with van der Waals surface area (Å²) < 4.78 is 11.6. The molecule has 2 fully saturated rings. The van der Waals surface area contributed by atoms with Gasteiger partial charge in [-0.05, 0) is 132 Å². The van der Waals surface area contributed by atoms with E-state index in [0.717, 1.165) is 44.9 Å². The zero-order chi connectivity index (χ0) is 69.2. The van der Waals surface area contributed by atoms with Gasteiger partial charge in [-0.15, -0.1) is 0 Å². The fraction of sp³-hybridized carbons (Fsp3) is 0.866. The van der Waals surface area contributed by atoms with E-state index in [4.69, 9.17) is 26.2 Å². The highest BCUT2D eigenvalue weighted by Crippen LogP contribution is 2.33. The number of rotatable bonds is 51. The van der Waals surface area contributed by atoms with Crippen LogP contribution in [0, 0.1) is 17.8 Å². The maximum Gasteiger partial charge on any atom is 0.138 e. The second-order valence-corrected chi connectivity index (χ2v) is 26.8. The highest BCUT2D eigenvalue weighted by molar-refractivity contribution is 6.25. The summed E-state index contributed by atoms with van der Waals surface area (Å²) in [5, 5.41) is 225. The number of halogens is 1. The van der Waals surface area contributed by atoms with Crippen molar-refractivity contribution in [3.63, 3.8) is 0 Å². The van der Waals surface area contributed by atoms with E-state index >= 15 is 0 Å². The minimum absolute atomic E-state index is 0.0183. The van der Waals surface area contributed by atoms with Gasteiger partial charge in [0.2, 0.25) is 0 Å². The number of carbonyl (C=O) groups excluding carboxylic acids is 1. The first-order valence-electron chi connectivity index (χ1n) is 33.8. The number of aliphatic hydroxyl groups excluding tert-OH is 21. The molecule has 25 heteroatoms. The van der Waals surface area contributed by atoms with Crippen molar-refractivity contribution in [3.8, 4) is 0 Å². The van der Waals surface area contributed by atoms with E-state index in [2.05, 4.69) is 12.7 Å². The van der Waals surface area contributed by atoms with E-state index in [-0.39, 0.29) is 88.1 Å². The number of ketones is 1. The molecule has 27 atom stereocenters. The van der Waals surface area contributed by atoms with Crippen LogP contribution in [0.2, 0.25) is 0 Å². The molecule has 24 nitrogen and oxygen atoms in total. The summed E-state index contributed by atoms with van der Waals surface area (Å²) in [4.78, 5) is 12.1. The van der Waals surface area contributed by atoms with Gasteiger partial charge in [-0.1, -0.05) is 108 Å². The molecule has 540 valence electrons. The molecular weight excluding hydrogens is 1220 g/mol. The summed E-state index contributed by atoms with van der Waals surface area (Å²) in [6.45, 7) is 8.73. The third kappa shape index (κ3) is 31.7. The van der Waals surface area contributed by atoms with Gasteiger partial charge in [-0.25, -0.2) is 0 Å². The Balaban J connectivity index is 1.78. The van der Waals surface area contributed by atoms with Crippen molar-refractivity contribution < 1.29 is 122 Å². The molecule has 21 N–H and O–H groups in total. The molecule has 0 spiro atoms. The molecule has 2 rings (SSSR count). The summed E-state index contributed by atoms with van der Waals surface area (Å²) in [5.41, 5.74) is 1.41. The van der Waals surface area contributed by atoms with E-state index in [1.165, 1.54) is 11.6 Å². The first-order chi connectivity index (χ1) is 43.5. The smallest absolute Gasteiger partial charge is 0.138 e. The molecule has 2 aliphatic heterocycles. The van der Waals surface area contributed by atoms with E-state index in [0.29, 0.717) is 57.8 Å². The fourth-order valence-electron chi connectivity index (χ4n) is 12.2. The summed E-state index contributed by atoms with van der Waals surface area (Å²) in [5.74, 6) is -1.87. The highest BCUT2D eigenvalue weighted by atomic mass is 35.5. The summed E-state index contributed by atoms with van der Waals surface area (Å²) in [6.07, 6.45) is -16.0. The first kappa shape index (κ1) is 86.1. The molecule has 2 saturated heterocycles. The Kier molecular flexibility index (Phi) is 44.0. The lowest BCUT2D eigenvalue weighted by atomic mass is 9.85. The van der Waals surface area contributed by atoms with Gasteiger partial charge in [0.25, 0.3) is 0 Å². The highest BCUT2D eigenvalue weighted by Gasteiger charge is 2.49. The van der Waals surface area contributed by atoms with Crippen molar-refractivity contribution in [1.82, 2.24) is 0 Å². The zero-order valence-corrected chi connectivity index (χ0v) is 55.3. The molecule has 0 aromatic carbocycles. The van der Waals surface area contributed by atoms with Crippen LogP contribution in [0.25, 0.3) is 0 Å². The van der Waals surface area contributed by atoms with Crippen molar-refractivity contribution in [2.75, 3.05) is 6.61 Å². The van der Waals surface area contributed by atoms with Gasteiger partial charge in [-0.3, -0.25) is 4.79 Å². The maximum absolute atomic E-state index is 12.1. The standard InChI is InChI=1S/C67H121ClO24/c1-39(21-17-23-43(70)24-19-25-44(71)35-46(73)36-45(72)26-20-34-69)55(80)49(76)31-29-41(3)57(82)59(84)47(74)28-18-22-40(2)56(81)51(78)37-54-63(88)64(89)65(90)66(91-54)50(77)32-30-42(4)58(83)62(87)53-38-52(79)61(86)67(92-53)60(85)48(75)27-15-13-11-9-7-5-6-8-10-12-14-16-33-68/h12,14-16,27,33,39-41,43-45,47-67,69-72,74-90H,4-11,13,17-26,28-32,34-38H2,1-3H3. The van der Waals surface area contributed by atoms with Crippen molar-refractivity contribution in [2.24, 2.45) is 17.8 Å². The molecule has 0 aromatic heterocycles. The Morgan fingerprint density at radius 1 is 0.511 bits per heavy atom. The largest absolute Gasteiger partial charge is 0.396 e. The number of aliphatic hydroxyl groups is 21. The third-order valence-electron chi connectivity index (χ3n) is 18.6. The molecule has 0 aliphatic carbocycles.